The van der Waals surface area contributed by atoms with Crippen molar-refractivity contribution in [3.63, 3.8) is 0 Å². The Labute approximate surface area is 114 Å². The van der Waals surface area contributed by atoms with E-state index < -0.39 is 11.7 Å². The summed E-state index contributed by atoms with van der Waals surface area (Å²) in [6, 6.07) is 4.87. The van der Waals surface area contributed by atoms with Gasteiger partial charge in [0.15, 0.2) is 5.82 Å². The van der Waals surface area contributed by atoms with Gasteiger partial charge in [-0.3, -0.25) is 14.5 Å². The van der Waals surface area contributed by atoms with Crippen LogP contribution in [0.3, 0.4) is 0 Å². The third kappa shape index (κ3) is 1.83. The summed E-state index contributed by atoms with van der Waals surface area (Å²) in [4.78, 5) is 29.3. The monoisotopic (exact) mass is 273 g/mol. The molecule has 0 aliphatic carbocycles. The van der Waals surface area contributed by atoms with Crippen molar-refractivity contribution in [2.75, 3.05) is 12.0 Å². The van der Waals surface area contributed by atoms with E-state index in [0.29, 0.717) is 28.7 Å². The van der Waals surface area contributed by atoms with Crippen LogP contribution < -0.4 is 9.64 Å². The van der Waals surface area contributed by atoms with Gasteiger partial charge in [0.25, 0.3) is 11.7 Å². The number of aryl methyl sites for hydroxylation is 1. The predicted octanol–water partition coefficient (Wildman–Crippen LogP) is 1.12. The van der Waals surface area contributed by atoms with Gasteiger partial charge >= 0.3 is 0 Å². The lowest BCUT2D eigenvalue weighted by atomic mass is 10.1. The van der Waals surface area contributed by atoms with E-state index in [4.69, 9.17) is 9.26 Å². The molecule has 0 bridgehead atoms. The SMILES string of the molecule is COc1ccc2c(c1)N(Cc1noc(C)n1)C(=O)C2=O. The third-order valence-corrected chi connectivity index (χ3v) is 3.05. The molecule has 0 unspecified atom stereocenters. The summed E-state index contributed by atoms with van der Waals surface area (Å²) in [5, 5.41) is 3.73. The van der Waals surface area contributed by atoms with Crippen molar-refractivity contribution in [2.45, 2.75) is 13.5 Å². The van der Waals surface area contributed by atoms with E-state index in [9.17, 15) is 9.59 Å². The van der Waals surface area contributed by atoms with Crippen LogP contribution in [0.25, 0.3) is 0 Å². The Morgan fingerprint density at radius 2 is 2.15 bits per heavy atom. The highest BCUT2D eigenvalue weighted by atomic mass is 16.5. The molecular weight excluding hydrogens is 262 g/mol. The van der Waals surface area contributed by atoms with Crippen LogP contribution in [0.2, 0.25) is 0 Å². The first-order valence-electron chi connectivity index (χ1n) is 5.93. The number of hydrogen-bond acceptors (Lipinski definition) is 6. The Bertz CT molecular complexity index is 707. The maximum absolute atomic E-state index is 12.0. The van der Waals surface area contributed by atoms with E-state index in [0.717, 1.165) is 0 Å². The van der Waals surface area contributed by atoms with Gasteiger partial charge in [-0.25, -0.2) is 0 Å². The molecule has 1 amide bonds. The highest BCUT2D eigenvalue weighted by Crippen LogP contribution is 2.33. The van der Waals surface area contributed by atoms with Gasteiger partial charge in [0.05, 0.1) is 24.9 Å². The second-order valence-corrected chi connectivity index (χ2v) is 4.33. The minimum atomic E-state index is -0.601. The molecule has 0 fully saturated rings. The zero-order valence-electron chi connectivity index (χ0n) is 10.9. The second kappa shape index (κ2) is 4.44. The summed E-state index contributed by atoms with van der Waals surface area (Å²) in [7, 11) is 1.52. The first-order chi connectivity index (χ1) is 9.60. The third-order valence-electron chi connectivity index (χ3n) is 3.05. The maximum Gasteiger partial charge on any atom is 0.299 e. The number of ether oxygens (including phenoxy) is 1. The fourth-order valence-corrected chi connectivity index (χ4v) is 2.10. The van der Waals surface area contributed by atoms with Crippen molar-refractivity contribution < 1.29 is 18.8 Å². The maximum atomic E-state index is 12.0. The number of aromatic nitrogens is 2. The molecule has 0 spiro atoms. The molecule has 2 heterocycles. The number of nitrogens with zero attached hydrogens (tertiary/aromatic N) is 3. The minimum absolute atomic E-state index is 0.0854. The van der Waals surface area contributed by atoms with E-state index >= 15 is 0 Å². The molecule has 20 heavy (non-hydrogen) atoms. The van der Waals surface area contributed by atoms with Crippen LogP contribution in [-0.2, 0) is 11.3 Å². The van der Waals surface area contributed by atoms with Gasteiger partial charge in [-0.2, -0.15) is 4.98 Å². The van der Waals surface area contributed by atoms with E-state index in [1.165, 1.54) is 12.0 Å². The normalized spacial score (nSPS) is 13.8. The van der Waals surface area contributed by atoms with Gasteiger partial charge in [0.1, 0.15) is 5.75 Å². The largest absolute Gasteiger partial charge is 0.497 e. The first kappa shape index (κ1) is 12.3. The molecule has 3 rings (SSSR count). The van der Waals surface area contributed by atoms with Gasteiger partial charge < -0.3 is 9.26 Å². The molecular formula is C13H11N3O4. The summed E-state index contributed by atoms with van der Waals surface area (Å²) in [6.45, 7) is 1.74. The number of amides is 1. The highest BCUT2D eigenvalue weighted by Gasteiger charge is 2.36. The number of rotatable bonds is 3. The lowest BCUT2D eigenvalue weighted by molar-refractivity contribution is -0.114. The van der Waals surface area contributed by atoms with Gasteiger partial charge in [-0.15, -0.1) is 0 Å². The molecule has 0 N–H and O–H groups in total. The number of ketones is 1. The molecule has 1 aliphatic heterocycles. The number of anilines is 1. The van der Waals surface area contributed by atoms with Gasteiger partial charge in [-0.1, -0.05) is 5.16 Å². The number of Topliss-reactive ketones (excluding diaryl/α,β-unsaturated/α-hetero) is 1. The molecule has 0 atom stereocenters. The van der Waals surface area contributed by atoms with E-state index in [-0.39, 0.29) is 6.54 Å². The molecule has 7 nitrogen and oxygen atoms in total. The molecule has 1 aliphatic rings. The fraction of sp³-hybridized carbons (Fsp3) is 0.231. The van der Waals surface area contributed by atoms with Crippen LogP contribution in [-0.4, -0.2) is 28.9 Å². The lowest BCUT2D eigenvalue weighted by Gasteiger charge is -2.14. The van der Waals surface area contributed by atoms with Crippen LogP contribution >= 0.6 is 0 Å². The molecule has 7 heteroatoms. The summed E-state index contributed by atoms with van der Waals surface area (Å²) < 4.78 is 9.97. The van der Waals surface area contributed by atoms with Crippen LogP contribution in [0.1, 0.15) is 22.1 Å². The highest BCUT2D eigenvalue weighted by molar-refractivity contribution is 6.52. The Balaban J connectivity index is 2.00. The quantitative estimate of drug-likeness (QED) is 0.779. The summed E-state index contributed by atoms with van der Waals surface area (Å²) in [6.07, 6.45) is 0. The van der Waals surface area contributed by atoms with Crippen molar-refractivity contribution in [1.29, 1.82) is 0 Å². The standard InChI is InChI=1S/C13H11N3O4/c1-7-14-11(15-20-7)6-16-10-5-8(19-2)3-4-9(10)12(17)13(16)18/h3-5H,6H2,1-2H3. The summed E-state index contributed by atoms with van der Waals surface area (Å²) >= 11 is 0. The first-order valence-corrected chi connectivity index (χ1v) is 5.93. The Kier molecular flexibility index (Phi) is 2.74. The minimum Gasteiger partial charge on any atom is -0.497 e. The number of carbonyl (C=O) groups is 2. The summed E-state index contributed by atoms with van der Waals surface area (Å²) in [5.74, 6) is 0.183. The predicted molar refractivity (Wildman–Crippen MR) is 67.5 cm³/mol. The number of methoxy groups -OCH3 is 1. The van der Waals surface area contributed by atoms with Crippen molar-refractivity contribution in [3.8, 4) is 5.75 Å². The smallest absolute Gasteiger partial charge is 0.299 e. The molecule has 1 aromatic carbocycles. The van der Waals surface area contributed by atoms with Crippen LogP contribution in [0.4, 0.5) is 5.69 Å². The molecule has 2 aromatic rings. The molecule has 0 saturated carbocycles. The number of carbonyl (C=O) groups excluding carboxylic acids is 2. The second-order valence-electron chi connectivity index (χ2n) is 4.33. The summed E-state index contributed by atoms with van der Waals surface area (Å²) in [5.41, 5.74) is 0.859. The average molecular weight is 273 g/mol. The van der Waals surface area contributed by atoms with Crippen LogP contribution in [0.15, 0.2) is 22.7 Å². The number of fused-ring (bicyclic) bond motifs is 1. The number of benzene rings is 1. The molecule has 1 aromatic heterocycles. The fourth-order valence-electron chi connectivity index (χ4n) is 2.10. The van der Waals surface area contributed by atoms with Crippen molar-refractivity contribution >= 4 is 17.4 Å². The van der Waals surface area contributed by atoms with Crippen molar-refractivity contribution in [3.05, 3.63) is 35.5 Å². The zero-order chi connectivity index (χ0) is 14.3. The molecule has 0 radical (unpaired) electrons. The molecule has 0 saturated heterocycles. The average Bonchev–Trinajstić information content (AvgIpc) is 2.96. The van der Waals surface area contributed by atoms with Gasteiger partial charge in [0.2, 0.25) is 5.89 Å². The van der Waals surface area contributed by atoms with E-state index in [1.54, 1.807) is 25.1 Å². The van der Waals surface area contributed by atoms with Crippen LogP contribution in [0, 0.1) is 6.92 Å². The van der Waals surface area contributed by atoms with E-state index in [2.05, 4.69) is 10.1 Å². The molecule has 102 valence electrons. The topological polar surface area (TPSA) is 85.5 Å². The van der Waals surface area contributed by atoms with E-state index in [1.807, 2.05) is 0 Å². The Morgan fingerprint density at radius 1 is 1.35 bits per heavy atom. The Hall–Kier alpha value is -2.70. The van der Waals surface area contributed by atoms with Gasteiger partial charge in [-0.05, 0) is 12.1 Å². The van der Waals surface area contributed by atoms with Gasteiger partial charge in [0, 0.05) is 13.0 Å². The lowest BCUT2D eigenvalue weighted by Crippen LogP contribution is -2.29. The van der Waals surface area contributed by atoms with Crippen molar-refractivity contribution in [2.24, 2.45) is 0 Å². The van der Waals surface area contributed by atoms with Crippen molar-refractivity contribution in [1.82, 2.24) is 10.1 Å². The Morgan fingerprint density at radius 3 is 2.80 bits per heavy atom. The zero-order valence-corrected chi connectivity index (χ0v) is 10.9. The number of hydrogen-bond donors (Lipinski definition) is 0. The van der Waals surface area contributed by atoms with Crippen LogP contribution in [0.5, 0.6) is 5.75 Å².